The van der Waals surface area contributed by atoms with Crippen molar-refractivity contribution in [2.75, 3.05) is 5.32 Å². The molecule has 3 aromatic carbocycles. The van der Waals surface area contributed by atoms with Crippen molar-refractivity contribution in [2.45, 2.75) is 19.8 Å². The van der Waals surface area contributed by atoms with E-state index in [0.717, 1.165) is 21.4 Å². The standard InChI is InChI=1S/C29H23BrN2O3/c1-18(2)19-3-5-21(6-4-19)29-32-25-17-23(11-14-27(25)35-29)31-28(33)16-13-24-12-15-26(34-24)20-7-9-22(30)10-8-20/h3-18H,1-2H3,(H,31,33)/b16-13+. The quantitative estimate of drug-likeness (QED) is 0.226. The molecular formula is C29H23BrN2O3. The van der Waals surface area contributed by atoms with Gasteiger partial charge in [0.15, 0.2) is 5.58 Å². The van der Waals surface area contributed by atoms with Crippen molar-refractivity contribution in [3.63, 3.8) is 0 Å². The molecule has 0 saturated carbocycles. The van der Waals surface area contributed by atoms with Gasteiger partial charge in [0.1, 0.15) is 17.0 Å². The van der Waals surface area contributed by atoms with E-state index in [1.807, 2.05) is 54.6 Å². The third kappa shape index (κ3) is 5.28. The first-order chi connectivity index (χ1) is 16.9. The molecule has 5 nitrogen and oxygen atoms in total. The minimum Gasteiger partial charge on any atom is -0.457 e. The molecule has 6 heteroatoms. The Kier molecular flexibility index (Phi) is 6.38. The van der Waals surface area contributed by atoms with Gasteiger partial charge in [0.05, 0.1) is 0 Å². The van der Waals surface area contributed by atoms with Crippen molar-refractivity contribution >= 4 is 44.7 Å². The van der Waals surface area contributed by atoms with E-state index in [2.05, 4.69) is 52.2 Å². The predicted octanol–water partition coefficient (Wildman–Crippen LogP) is 8.29. The van der Waals surface area contributed by atoms with Crippen LogP contribution in [0.3, 0.4) is 0 Å². The summed E-state index contributed by atoms with van der Waals surface area (Å²) in [7, 11) is 0. The normalized spacial score (nSPS) is 11.5. The number of nitrogens with zero attached hydrogens (tertiary/aromatic N) is 1. The van der Waals surface area contributed by atoms with Crippen LogP contribution in [0.5, 0.6) is 0 Å². The van der Waals surface area contributed by atoms with Gasteiger partial charge < -0.3 is 14.2 Å². The Bertz CT molecular complexity index is 1510. The zero-order valence-corrected chi connectivity index (χ0v) is 20.9. The number of rotatable bonds is 6. The van der Waals surface area contributed by atoms with Crippen molar-refractivity contribution in [3.05, 3.63) is 101 Å². The summed E-state index contributed by atoms with van der Waals surface area (Å²) >= 11 is 3.43. The topological polar surface area (TPSA) is 68.3 Å². The molecule has 0 aliphatic carbocycles. The number of carbonyl (C=O) groups is 1. The molecule has 5 rings (SSSR count). The van der Waals surface area contributed by atoms with Gasteiger partial charge in [0.2, 0.25) is 11.8 Å². The number of furan rings is 1. The second-order valence-corrected chi connectivity index (χ2v) is 9.43. The highest BCUT2D eigenvalue weighted by atomic mass is 79.9. The Balaban J connectivity index is 1.26. The molecule has 1 N–H and O–H groups in total. The van der Waals surface area contributed by atoms with Crippen LogP contribution in [0.4, 0.5) is 5.69 Å². The van der Waals surface area contributed by atoms with Crippen LogP contribution < -0.4 is 5.32 Å². The van der Waals surface area contributed by atoms with Crippen LogP contribution in [0.2, 0.25) is 0 Å². The molecule has 0 aliphatic heterocycles. The van der Waals surface area contributed by atoms with Crippen molar-refractivity contribution < 1.29 is 13.6 Å². The largest absolute Gasteiger partial charge is 0.457 e. The Labute approximate surface area is 211 Å². The summed E-state index contributed by atoms with van der Waals surface area (Å²) in [6, 6.07) is 25.2. The lowest BCUT2D eigenvalue weighted by Crippen LogP contribution is -2.07. The number of anilines is 1. The minimum absolute atomic E-state index is 0.265. The molecule has 0 atom stereocenters. The van der Waals surface area contributed by atoms with Gasteiger partial charge in [0, 0.05) is 27.4 Å². The summed E-state index contributed by atoms with van der Waals surface area (Å²) < 4.78 is 12.7. The van der Waals surface area contributed by atoms with Crippen LogP contribution in [0.15, 0.2) is 98.2 Å². The Hall–Kier alpha value is -3.90. The smallest absolute Gasteiger partial charge is 0.248 e. The highest BCUT2D eigenvalue weighted by Gasteiger charge is 2.10. The molecule has 2 heterocycles. The van der Waals surface area contributed by atoms with E-state index in [1.54, 1.807) is 18.2 Å². The summed E-state index contributed by atoms with van der Waals surface area (Å²) in [5.41, 5.74) is 5.13. The summed E-state index contributed by atoms with van der Waals surface area (Å²) in [6.07, 6.45) is 3.09. The van der Waals surface area contributed by atoms with E-state index >= 15 is 0 Å². The molecule has 0 aliphatic rings. The van der Waals surface area contributed by atoms with Crippen molar-refractivity contribution in [2.24, 2.45) is 0 Å². The van der Waals surface area contributed by atoms with Crippen LogP contribution >= 0.6 is 15.9 Å². The number of halogens is 1. The molecule has 5 aromatic rings. The average Bonchev–Trinajstić information content (AvgIpc) is 3.50. The lowest BCUT2D eigenvalue weighted by molar-refractivity contribution is -0.111. The number of hydrogen-bond acceptors (Lipinski definition) is 4. The van der Waals surface area contributed by atoms with E-state index in [0.29, 0.717) is 34.4 Å². The first-order valence-corrected chi connectivity index (χ1v) is 12.1. The van der Waals surface area contributed by atoms with Gasteiger partial charge >= 0.3 is 0 Å². The second-order valence-electron chi connectivity index (χ2n) is 8.51. The molecule has 0 bridgehead atoms. The monoisotopic (exact) mass is 526 g/mol. The van der Waals surface area contributed by atoms with Crippen molar-refractivity contribution in [1.29, 1.82) is 0 Å². The van der Waals surface area contributed by atoms with Crippen LogP contribution in [0.1, 0.15) is 31.1 Å². The Morgan fingerprint density at radius 2 is 1.66 bits per heavy atom. The van der Waals surface area contributed by atoms with E-state index in [9.17, 15) is 4.79 Å². The molecular weight excluding hydrogens is 504 g/mol. The zero-order valence-electron chi connectivity index (χ0n) is 19.3. The highest BCUT2D eigenvalue weighted by Crippen LogP contribution is 2.28. The lowest BCUT2D eigenvalue weighted by Gasteiger charge is -2.04. The maximum atomic E-state index is 12.5. The predicted molar refractivity (Wildman–Crippen MR) is 143 cm³/mol. The van der Waals surface area contributed by atoms with E-state index in [4.69, 9.17) is 8.83 Å². The number of nitrogens with one attached hydrogen (secondary N) is 1. The summed E-state index contributed by atoms with van der Waals surface area (Å²) in [5, 5.41) is 2.86. The SMILES string of the molecule is CC(C)c1ccc(-c2nc3cc(NC(=O)/C=C/c4ccc(-c5ccc(Br)cc5)o4)ccc3o2)cc1. The number of amides is 1. The number of carbonyl (C=O) groups excluding carboxylic acids is 1. The van der Waals surface area contributed by atoms with E-state index < -0.39 is 0 Å². The van der Waals surface area contributed by atoms with Crippen LogP contribution in [0, 0.1) is 0 Å². The molecule has 0 fully saturated rings. The molecule has 35 heavy (non-hydrogen) atoms. The first kappa shape index (κ1) is 22.9. The fourth-order valence-electron chi connectivity index (χ4n) is 3.69. The fourth-order valence-corrected chi connectivity index (χ4v) is 3.96. The van der Waals surface area contributed by atoms with Gasteiger partial charge in [0.25, 0.3) is 0 Å². The Morgan fingerprint density at radius 1 is 0.914 bits per heavy atom. The molecule has 0 saturated heterocycles. The first-order valence-electron chi connectivity index (χ1n) is 11.3. The van der Waals surface area contributed by atoms with Gasteiger partial charge in [-0.05, 0) is 72.2 Å². The second kappa shape index (κ2) is 9.76. The number of fused-ring (bicyclic) bond motifs is 1. The molecule has 0 unspecified atom stereocenters. The van der Waals surface area contributed by atoms with E-state index in [-0.39, 0.29) is 5.91 Å². The average molecular weight is 527 g/mol. The van der Waals surface area contributed by atoms with Crippen molar-refractivity contribution in [1.82, 2.24) is 4.98 Å². The Morgan fingerprint density at radius 3 is 2.40 bits per heavy atom. The molecule has 2 aromatic heterocycles. The highest BCUT2D eigenvalue weighted by molar-refractivity contribution is 9.10. The molecule has 1 amide bonds. The number of oxazole rings is 1. The third-order valence-electron chi connectivity index (χ3n) is 5.63. The van der Waals surface area contributed by atoms with E-state index in [1.165, 1.54) is 11.6 Å². The zero-order chi connectivity index (χ0) is 24.4. The van der Waals surface area contributed by atoms with Crippen LogP contribution in [-0.4, -0.2) is 10.9 Å². The van der Waals surface area contributed by atoms with Crippen LogP contribution in [-0.2, 0) is 4.79 Å². The van der Waals surface area contributed by atoms with Gasteiger partial charge in [-0.2, -0.15) is 0 Å². The maximum Gasteiger partial charge on any atom is 0.248 e. The molecule has 0 spiro atoms. The molecule has 174 valence electrons. The summed E-state index contributed by atoms with van der Waals surface area (Å²) in [6.45, 7) is 4.32. The van der Waals surface area contributed by atoms with Gasteiger partial charge in [-0.3, -0.25) is 4.79 Å². The van der Waals surface area contributed by atoms with Gasteiger partial charge in [-0.15, -0.1) is 0 Å². The minimum atomic E-state index is -0.265. The fraction of sp³-hybridized carbons (Fsp3) is 0.103. The maximum absolute atomic E-state index is 12.5. The number of hydrogen-bond donors (Lipinski definition) is 1. The van der Waals surface area contributed by atoms with Gasteiger partial charge in [-0.25, -0.2) is 4.98 Å². The van der Waals surface area contributed by atoms with Crippen molar-refractivity contribution in [3.8, 4) is 22.8 Å². The van der Waals surface area contributed by atoms with Crippen LogP contribution in [0.25, 0.3) is 40.0 Å². The van der Waals surface area contributed by atoms with Gasteiger partial charge in [-0.1, -0.05) is 54.0 Å². The number of benzene rings is 3. The molecule has 0 radical (unpaired) electrons. The summed E-state index contributed by atoms with van der Waals surface area (Å²) in [5.74, 6) is 2.09. The number of aromatic nitrogens is 1. The lowest BCUT2D eigenvalue weighted by atomic mass is 10.0. The third-order valence-corrected chi connectivity index (χ3v) is 6.16. The summed E-state index contributed by atoms with van der Waals surface area (Å²) in [4.78, 5) is 17.1.